The topological polar surface area (TPSA) is 43.7 Å². The molecular formula is C12H20F3NO2. The van der Waals surface area contributed by atoms with Crippen LogP contribution < -0.4 is 0 Å². The number of hydrogen-bond acceptors (Lipinski definition) is 3. The van der Waals surface area contributed by atoms with Gasteiger partial charge >= 0.3 is 6.18 Å². The summed E-state index contributed by atoms with van der Waals surface area (Å²) in [6.45, 7) is 0.412. The van der Waals surface area contributed by atoms with Crippen LogP contribution in [0, 0.1) is 0 Å². The molecule has 0 aromatic carbocycles. The van der Waals surface area contributed by atoms with Crippen LogP contribution in [0.1, 0.15) is 38.5 Å². The van der Waals surface area contributed by atoms with Gasteiger partial charge in [0.2, 0.25) is 0 Å². The largest absolute Gasteiger partial charge is 0.417 e. The van der Waals surface area contributed by atoms with E-state index < -0.39 is 17.9 Å². The molecule has 1 heterocycles. The van der Waals surface area contributed by atoms with E-state index in [1.807, 2.05) is 4.90 Å². The number of aliphatic hydroxyl groups is 2. The maximum Gasteiger partial charge on any atom is 0.417 e. The maximum atomic E-state index is 12.7. The zero-order chi connectivity index (χ0) is 13.4. The molecule has 2 rings (SSSR count). The van der Waals surface area contributed by atoms with E-state index >= 15 is 0 Å². The third kappa shape index (κ3) is 2.65. The molecule has 1 saturated carbocycles. The highest BCUT2D eigenvalue weighted by atomic mass is 19.4. The molecule has 106 valence electrons. The Morgan fingerprint density at radius 3 is 2.11 bits per heavy atom. The zero-order valence-electron chi connectivity index (χ0n) is 10.3. The van der Waals surface area contributed by atoms with Crippen LogP contribution in [0.15, 0.2) is 0 Å². The van der Waals surface area contributed by atoms with Crippen molar-refractivity contribution in [1.29, 1.82) is 0 Å². The first-order valence-electron chi connectivity index (χ1n) is 6.55. The highest BCUT2D eigenvalue weighted by molar-refractivity contribution is 4.95. The second-order valence-corrected chi connectivity index (χ2v) is 5.48. The van der Waals surface area contributed by atoms with Crippen molar-refractivity contribution in [3.05, 3.63) is 0 Å². The van der Waals surface area contributed by atoms with E-state index in [0.29, 0.717) is 0 Å². The lowest BCUT2D eigenvalue weighted by Gasteiger charge is -2.44. The van der Waals surface area contributed by atoms with Crippen molar-refractivity contribution in [1.82, 2.24) is 4.90 Å². The van der Waals surface area contributed by atoms with Crippen LogP contribution in [-0.2, 0) is 0 Å². The number of aliphatic hydroxyl groups excluding tert-OH is 1. The number of hydrogen-bond donors (Lipinski definition) is 2. The first-order valence-corrected chi connectivity index (χ1v) is 6.55. The standard InChI is InChI=1S/C12H20F3NO2/c13-12(14,15)11(18)5-7-16(8-6-11)9-3-1-2-4-10(9)17/h9-10,17-18H,1-8H2. The average molecular weight is 267 g/mol. The Balaban J connectivity index is 1.94. The molecule has 1 saturated heterocycles. The lowest BCUT2D eigenvalue weighted by atomic mass is 9.86. The Kier molecular flexibility index (Phi) is 3.90. The van der Waals surface area contributed by atoms with Crippen molar-refractivity contribution in [2.24, 2.45) is 0 Å². The van der Waals surface area contributed by atoms with Gasteiger partial charge in [0.1, 0.15) is 0 Å². The molecule has 18 heavy (non-hydrogen) atoms. The number of nitrogens with zero attached hydrogens (tertiary/aromatic N) is 1. The van der Waals surface area contributed by atoms with Crippen molar-refractivity contribution >= 4 is 0 Å². The summed E-state index contributed by atoms with van der Waals surface area (Å²) in [7, 11) is 0. The van der Waals surface area contributed by atoms with Gasteiger partial charge in [-0.15, -0.1) is 0 Å². The van der Waals surface area contributed by atoms with Gasteiger partial charge in [0, 0.05) is 19.1 Å². The monoisotopic (exact) mass is 267 g/mol. The average Bonchev–Trinajstić information content (AvgIpc) is 2.30. The van der Waals surface area contributed by atoms with Crippen LogP contribution in [0.2, 0.25) is 0 Å². The quantitative estimate of drug-likeness (QED) is 0.759. The molecule has 3 nitrogen and oxygen atoms in total. The van der Waals surface area contributed by atoms with Gasteiger partial charge in [-0.2, -0.15) is 13.2 Å². The second kappa shape index (κ2) is 4.98. The highest BCUT2D eigenvalue weighted by Gasteiger charge is 2.55. The summed E-state index contributed by atoms with van der Waals surface area (Å²) in [5.74, 6) is 0. The van der Waals surface area contributed by atoms with E-state index in [4.69, 9.17) is 0 Å². The fraction of sp³-hybridized carbons (Fsp3) is 1.00. The van der Waals surface area contributed by atoms with E-state index in [1.165, 1.54) is 0 Å². The molecule has 0 aromatic heterocycles. The number of rotatable bonds is 1. The van der Waals surface area contributed by atoms with E-state index in [-0.39, 0.29) is 32.0 Å². The summed E-state index contributed by atoms with van der Waals surface area (Å²) >= 11 is 0. The van der Waals surface area contributed by atoms with Gasteiger partial charge in [0.15, 0.2) is 5.60 Å². The fourth-order valence-electron chi connectivity index (χ4n) is 3.03. The third-order valence-electron chi connectivity index (χ3n) is 4.32. The lowest BCUT2D eigenvalue weighted by Crippen LogP contribution is -2.57. The molecule has 0 amide bonds. The van der Waals surface area contributed by atoms with Crippen LogP contribution in [0.4, 0.5) is 13.2 Å². The Morgan fingerprint density at radius 2 is 1.61 bits per heavy atom. The molecule has 2 atom stereocenters. The van der Waals surface area contributed by atoms with Crippen molar-refractivity contribution in [2.75, 3.05) is 13.1 Å². The first kappa shape index (κ1) is 14.1. The molecule has 0 spiro atoms. The Hall–Kier alpha value is -0.330. The molecule has 2 N–H and O–H groups in total. The second-order valence-electron chi connectivity index (χ2n) is 5.48. The molecule has 0 bridgehead atoms. The molecule has 2 aliphatic rings. The number of halogens is 3. The summed E-state index contributed by atoms with van der Waals surface area (Å²) in [5.41, 5.74) is -2.54. The van der Waals surface area contributed by atoms with Crippen molar-refractivity contribution in [2.45, 2.75) is 62.4 Å². The van der Waals surface area contributed by atoms with Gasteiger partial charge in [-0.25, -0.2) is 0 Å². The summed E-state index contributed by atoms with van der Waals surface area (Å²) in [6, 6.07) is -0.0310. The zero-order valence-corrected chi connectivity index (χ0v) is 10.3. The van der Waals surface area contributed by atoms with Gasteiger partial charge in [0.25, 0.3) is 0 Å². The van der Waals surface area contributed by atoms with Gasteiger partial charge < -0.3 is 10.2 Å². The highest BCUT2D eigenvalue weighted by Crippen LogP contribution is 2.39. The molecule has 0 aromatic rings. The normalized spacial score (nSPS) is 34.5. The maximum absolute atomic E-state index is 12.7. The van der Waals surface area contributed by atoms with E-state index in [1.54, 1.807) is 0 Å². The Bertz CT molecular complexity index is 288. The van der Waals surface area contributed by atoms with Crippen molar-refractivity contribution < 1.29 is 23.4 Å². The molecule has 2 fully saturated rings. The summed E-state index contributed by atoms with van der Waals surface area (Å²) in [6.07, 6.45) is -2.00. The predicted octanol–water partition coefficient (Wildman–Crippen LogP) is 1.68. The van der Waals surface area contributed by atoms with Crippen LogP contribution in [0.5, 0.6) is 0 Å². The molecule has 1 aliphatic heterocycles. The molecule has 2 unspecified atom stereocenters. The summed E-state index contributed by atoms with van der Waals surface area (Å²) < 4.78 is 38.0. The van der Waals surface area contributed by atoms with Crippen LogP contribution in [0.25, 0.3) is 0 Å². The minimum absolute atomic E-state index is 0.0310. The third-order valence-corrected chi connectivity index (χ3v) is 4.32. The van der Waals surface area contributed by atoms with Gasteiger partial charge in [-0.05, 0) is 25.7 Å². The molecular weight excluding hydrogens is 247 g/mol. The number of piperidine rings is 1. The van der Waals surface area contributed by atoms with E-state index in [0.717, 1.165) is 25.7 Å². The summed E-state index contributed by atoms with van der Waals surface area (Å²) in [4.78, 5) is 1.91. The number of alkyl halides is 3. The van der Waals surface area contributed by atoms with Gasteiger partial charge in [-0.3, -0.25) is 4.90 Å². The lowest BCUT2D eigenvalue weighted by molar-refractivity contribution is -0.274. The SMILES string of the molecule is OC1CCCCC1N1CCC(O)(C(F)(F)F)CC1. The van der Waals surface area contributed by atoms with Crippen LogP contribution >= 0.6 is 0 Å². The minimum Gasteiger partial charge on any atom is -0.391 e. The summed E-state index contributed by atoms with van der Waals surface area (Å²) in [5, 5.41) is 19.5. The van der Waals surface area contributed by atoms with Crippen molar-refractivity contribution in [3.8, 4) is 0 Å². The van der Waals surface area contributed by atoms with Crippen molar-refractivity contribution in [3.63, 3.8) is 0 Å². The fourth-order valence-corrected chi connectivity index (χ4v) is 3.03. The van der Waals surface area contributed by atoms with Crippen LogP contribution in [0.3, 0.4) is 0 Å². The molecule has 0 radical (unpaired) electrons. The smallest absolute Gasteiger partial charge is 0.391 e. The van der Waals surface area contributed by atoms with Crippen LogP contribution in [-0.4, -0.2) is 52.1 Å². The molecule has 1 aliphatic carbocycles. The Morgan fingerprint density at radius 1 is 1.06 bits per heavy atom. The van der Waals surface area contributed by atoms with Gasteiger partial charge in [-0.1, -0.05) is 12.8 Å². The predicted molar refractivity (Wildman–Crippen MR) is 60.1 cm³/mol. The van der Waals surface area contributed by atoms with Gasteiger partial charge in [0.05, 0.1) is 6.10 Å². The minimum atomic E-state index is -4.55. The van der Waals surface area contributed by atoms with E-state index in [2.05, 4.69) is 0 Å². The Labute approximate surface area is 105 Å². The molecule has 6 heteroatoms. The first-order chi connectivity index (χ1) is 8.33. The van der Waals surface area contributed by atoms with E-state index in [9.17, 15) is 23.4 Å². The number of likely N-dealkylation sites (tertiary alicyclic amines) is 1.